The number of rotatable bonds is 5. The summed E-state index contributed by atoms with van der Waals surface area (Å²) in [7, 11) is 0. The molecule has 1 saturated carbocycles. The first-order valence-corrected chi connectivity index (χ1v) is 5.20. The maximum Gasteiger partial charge on any atom is 0.0771 e. The van der Waals surface area contributed by atoms with E-state index in [1.54, 1.807) is 0 Å². The van der Waals surface area contributed by atoms with E-state index in [-0.39, 0.29) is 0 Å². The van der Waals surface area contributed by atoms with Gasteiger partial charge in [0.15, 0.2) is 0 Å². The topological polar surface area (TPSA) is 32.3 Å². The van der Waals surface area contributed by atoms with Gasteiger partial charge in [-0.2, -0.15) is 0 Å². The predicted molar refractivity (Wildman–Crippen MR) is 55.7 cm³/mol. The maximum absolute atomic E-state index is 9.97. The molecule has 1 rings (SSSR count). The molecule has 0 aliphatic heterocycles. The summed E-state index contributed by atoms with van der Waals surface area (Å²) in [4.78, 5) is 0. The van der Waals surface area contributed by atoms with Crippen LogP contribution in [0.1, 0.15) is 39.0 Å². The monoisotopic (exact) mass is 183 g/mol. The van der Waals surface area contributed by atoms with Gasteiger partial charge in [-0.1, -0.05) is 18.4 Å². The van der Waals surface area contributed by atoms with Crippen LogP contribution < -0.4 is 5.32 Å². The molecule has 0 unspecified atom stereocenters. The van der Waals surface area contributed by atoms with Gasteiger partial charge >= 0.3 is 0 Å². The van der Waals surface area contributed by atoms with Gasteiger partial charge in [-0.3, -0.25) is 0 Å². The van der Waals surface area contributed by atoms with Crippen LogP contribution in [-0.4, -0.2) is 23.8 Å². The lowest BCUT2D eigenvalue weighted by Crippen LogP contribution is -2.38. The molecule has 0 aromatic heterocycles. The van der Waals surface area contributed by atoms with E-state index in [0.717, 1.165) is 32.4 Å². The lowest BCUT2D eigenvalue weighted by molar-refractivity contribution is 0.0481. The molecule has 0 atom stereocenters. The minimum atomic E-state index is -0.408. The van der Waals surface area contributed by atoms with E-state index in [9.17, 15) is 5.11 Å². The summed E-state index contributed by atoms with van der Waals surface area (Å²) in [5.74, 6) is 0. The van der Waals surface area contributed by atoms with Gasteiger partial charge in [-0.15, -0.1) is 6.58 Å². The molecule has 0 bridgehead atoms. The fourth-order valence-electron chi connectivity index (χ4n) is 1.83. The summed E-state index contributed by atoms with van der Waals surface area (Å²) in [5.41, 5.74) is 0.792. The van der Waals surface area contributed by atoms with Crippen LogP contribution >= 0.6 is 0 Å². The molecular weight excluding hydrogens is 162 g/mol. The fourth-order valence-corrected chi connectivity index (χ4v) is 1.83. The molecule has 0 amide bonds. The third kappa shape index (κ3) is 3.92. The van der Waals surface area contributed by atoms with Crippen molar-refractivity contribution in [2.45, 2.75) is 44.6 Å². The second-order valence-corrected chi connectivity index (χ2v) is 4.32. The van der Waals surface area contributed by atoms with Crippen LogP contribution in [0.15, 0.2) is 12.2 Å². The van der Waals surface area contributed by atoms with E-state index in [0.29, 0.717) is 0 Å². The van der Waals surface area contributed by atoms with Crippen molar-refractivity contribution in [2.75, 3.05) is 13.1 Å². The molecule has 13 heavy (non-hydrogen) atoms. The molecule has 0 aromatic rings. The standard InChI is InChI=1S/C11H21NO/c1-10(2)5-8-12-9-11(13)6-3-4-7-11/h12-13H,1,3-9H2,2H3. The van der Waals surface area contributed by atoms with Crippen molar-refractivity contribution in [1.29, 1.82) is 0 Å². The summed E-state index contributed by atoms with van der Waals surface area (Å²) in [5, 5.41) is 13.3. The number of aliphatic hydroxyl groups is 1. The van der Waals surface area contributed by atoms with E-state index in [4.69, 9.17) is 0 Å². The number of hydrogen-bond acceptors (Lipinski definition) is 2. The van der Waals surface area contributed by atoms with Crippen LogP contribution in [0.4, 0.5) is 0 Å². The zero-order chi connectivity index (χ0) is 9.73. The van der Waals surface area contributed by atoms with Crippen molar-refractivity contribution >= 4 is 0 Å². The Bertz CT molecular complexity index is 171. The molecule has 0 spiro atoms. The summed E-state index contributed by atoms with van der Waals surface area (Å²) >= 11 is 0. The molecule has 1 fully saturated rings. The van der Waals surface area contributed by atoms with Crippen molar-refractivity contribution in [2.24, 2.45) is 0 Å². The third-order valence-corrected chi connectivity index (χ3v) is 2.72. The lowest BCUT2D eigenvalue weighted by atomic mass is 10.0. The van der Waals surface area contributed by atoms with E-state index >= 15 is 0 Å². The number of nitrogens with one attached hydrogen (secondary N) is 1. The van der Waals surface area contributed by atoms with E-state index in [1.807, 2.05) is 6.92 Å². The first-order chi connectivity index (χ1) is 6.12. The SMILES string of the molecule is C=C(C)CCNCC1(O)CCCC1. The molecule has 2 heteroatoms. The Morgan fingerprint density at radius 1 is 1.46 bits per heavy atom. The van der Waals surface area contributed by atoms with E-state index in [2.05, 4.69) is 11.9 Å². The average molecular weight is 183 g/mol. The zero-order valence-corrected chi connectivity index (χ0v) is 8.60. The molecule has 2 N–H and O–H groups in total. The molecule has 0 saturated heterocycles. The quantitative estimate of drug-likeness (QED) is 0.503. The number of hydrogen-bond donors (Lipinski definition) is 2. The van der Waals surface area contributed by atoms with Crippen molar-refractivity contribution in [3.63, 3.8) is 0 Å². The minimum Gasteiger partial charge on any atom is -0.389 e. The van der Waals surface area contributed by atoms with Gasteiger partial charge in [0.2, 0.25) is 0 Å². The maximum atomic E-state index is 9.97. The van der Waals surface area contributed by atoms with Crippen molar-refractivity contribution in [3.05, 3.63) is 12.2 Å². The van der Waals surface area contributed by atoms with Gasteiger partial charge < -0.3 is 10.4 Å². The fraction of sp³-hybridized carbons (Fsp3) is 0.818. The Morgan fingerprint density at radius 2 is 2.08 bits per heavy atom. The molecule has 0 radical (unpaired) electrons. The van der Waals surface area contributed by atoms with Crippen molar-refractivity contribution < 1.29 is 5.11 Å². The van der Waals surface area contributed by atoms with Crippen LogP contribution in [0.2, 0.25) is 0 Å². The molecule has 76 valence electrons. The summed E-state index contributed by atoms with van der Waals surface area (Å²) in [6.45, 7) is 7.57. The summed E-state index contributed by atoms with van der Waals surface area (Å²) < 4.78 is 0. The Morgan fingerprint density at radius 3 is 2.62 bits per heavy atom. The van der Waals surface area contributed by atoms with Gasteiger partial charge in [0, 0.05) is 6.54 Å². The van der Waals surface area contributed by atoms with Crippen molar-refractivity contribution in [3.8, 4) is 0 Å². The van der Waals surface area contributed by atoms with Gasteiger partial charge in [0.05, 0.1) is 5.60 Å². The molecule has 0 heterocycles. The highest BCUT2D eigenvalue weighted by Crippen LogP contribution is 2.28. The normalized spacial score (nSPS) is 20.5. The van der Waals surface area contributed by atoms with Gasteiger partial charge in [0.25, 0.3) is 0 Å². The van der Waals surface area contributed by atoms with Gasteiger partial charge in [0.1, 0.15) is 0 Å². The van der Waals surface area contributed by atoms with Crippen LogP contribution in [0.5, 0.6) is 0 Å². The Balaban J connectivity index is 2.07. The zero-order valence-electron chi connectivity index (χ0n) is 8.60. The Kier molecular flexibility index (Phi) is 3.94. The first-order valence-electron chi connectivity index (χ1n) is 5.20. The van der Waals surface area contributed by atoms with Gasteiger partial charge in [-0.05, 0) is 32.7 Å². The summed E-state index contributed by atoms with van der Waals surface area (Å²) in [6.07, 6.45) is 5.30. The predicted octanol–water partition coefficient (Wildman–Crippen LogP) is 1.85. The Labute approximate surface area is 81.0 Å². The smallest absolute Gasteiger partial charge is 0.0771 e. The largest absolute Gasteiger partial charge is 0.389 e. The first kappa shape index (κ1) is 10.7. The molecule has 2 nitrogen and oxygen atoms in total. The highest BCUT2D eigenvalue weighted by Gasteiger charge is 2.30. The minimum absolute atomic E-state index is 0.408. The molecular formula is C11H21NO. The lowest BCUT2D eigenvalue weighted by Gasteiger charge is -2.22. The van der Waals surface area contributed by atoms with Crippen LogP contribution in [0.3, 0.4) is 0 Å². The molecule has 1 aliphatic carbocycles. The third-order valence-electron chi connectivity index (χ3n) is 2.72. The van der Waals surface area contributed by atoms with Crippen LogP contribution in [0.25, 0.3) is 0 Å². The van der Waals surface area contributed by atoms with Gasteiger partial charge in [-0.25, -0.2) is 0 Å². The second kappa shape index (κ2) is 4.77. The average Bonchev–Trinajstić information content (AvgIpc) is 2.47. The highest BCUT2D eigenvalue weighted by atomic mass is 16.3. The van der Waals surface area contributed by atoms with Crippen LogP contribution in [-0.2, 0) is 0 Å². The van der Waals surface area contributed by atoms with E-state index < -0.39 is 5.60 Å². The Hall–Kier alpha value is -0.340. The second-order valence-electron chi connectivity index (χ2n) is 4.32. The molecule has 1 aliphatic rings. The van der Waals surface area contributed by atoms with Crippen LogP contribution in [0, 0.1) is 0 Å². The van der Waals surface area contributed by atoms with E-state index in [1.165, 1.54) is 18.4 Å². The molecule has 0 aromatic carbocycles. The van der Waals surface area contributed by atoms with Crippen molar-refractivity contribution in [1.82, 2.24) is 5.32 Å². The highest BCUT2D eigenvalue weighted by molar-refractivity contribution is 4.90. The summed E-state index contributed by atoms with van der Waals surface area (Å²) in [6, 6.07) is 0.